The number of amidine groups is 1. The molecule has 0 saturated carbocycles. The number of nitriles is 1. The molecule has 4 N–H and O–H groups in total. The van der Waals surface area contributed by atoms with Gasteiger partial charge in [-0.1, -0.05) is 6.07 Å². The molecule has 0 aliphatic heterocycles. The fraction of sp³-hybridized carbons (Fsp3) is 0. The minimum absolute atomic E-state index is 0.456. The zero-order valence-corrected chi connectivity index (χ0v) is 7.96. The van der Waals surface area contributed by atoms with Crippen molar-refractivity contribution in [3.8, 4) is 6.07 Å². The van der Waals surface area contributed by atoms with Crippen LogP contribution in [0.1, 0.15) is 0 Å². The summed E-state index contributed by atoms with van der Waals surface area (Å²) in [6.45, 7) is 0. The fourth-order valence-corrected chi connectivity index (χ4v) is 0.862. The van der Waals surface area contributed by atoms with Gasteiger partial charge in [0.25, 0.3) is 0 Å². The van der Waals surface area contributed by atoms with Crippen molar-refractivity contribution in [1.82, 2.24) is 0 Å². The average Bonchev–Trinajstić information content (AvgIpc) is 2.22. The SMILES string of the molecule is N#C/C(=N\Nc1c(F)cccc1F)C(=N)N. The third kappa shape index (κ3) is 2.51. The van der Waals surface area contributed by atoms with Crippen LogP contribution in [0.2, 0.25) is 0 Å². The highest BCUT2D eigenvalue weighted by Gasteiger charge is 2.08. The summed E-state index contributed by atoms with van der Waals surface area (Å²) in [6, 6.07) is 4.75. The van der Waals surface area contributed by atoms with Crippen LogP contribution in [0.15, 0.2) is 23.3 Å². The summed E-state index contributed by atoms with van der Waals surface area (Å²) in [5, 5.41) is 18.7. The van der Waals surface area contributed by atoms with Gasteiger partial charge >= 0.3 is 0 Å². The Morgan fingerprint density at radius 2 is 2.00 bits per heavy atom. The summed E-state index contributed by atoms with van der Waals surface area (Å²) in [7, 11) is 0. The van der Waals surface area contributed by atoms with E-state index in [4.69, 9.17) is 16.4 Å². The lowest BCUT2D eigenvalue weighted by atomic mass is 10.3. The Bertz CT molecular complexity index is 469. The van der Waals surface area contributed by atoms with E-state index < -0.39 is 28.9 Å². The van der Waals surface area contributed by atoms with Gasteiger partial charge in [-0.05, 0) is 12.1 Å². The van der Waals surface area contributed by atoms with Gasteiger partial charge in [0.15, 0.2) is 17.5 Å². The molecular formula is C9H7F2N5. The van der Waals surface area contributed by atoms with Crippen LogP contribution in [-0.2, 0) is 0 Å². The molecule has 7 heteroatoms. The Hall–Kier alpha value is -2.49. The Morgan fingerprint density at radius 1 is 1.44 bits per heavy atom. The number of nitrogens with one attached hydrogen (secondary N) is 2. The van der Waals surface area contributed by atoms with Gasteiger partial charge in [-0.25, -0.2) is 8.78 Å². The van der Waals surface area contributed by atoms with E-state index in [-0.39, 0.29) is 0 Å². The number of anilines is 1. The number of benzene rings is 1. The highest BCUT2D eigenvalue weighted by molar-refractivity contribution is 6.45. The first-order chi connectivity index (χ1) is 7.56. The van der Waals surface area contributed by atoms with Gasteiger partial charge in [-0.2, -0.15) is 10.4 Å². The molecule has 0 heterocycles. The topological polar surface area (TPSA) is 98.0 Å². The van der Waals surface area contributed by atoms with Gasteiger partial charge in [-0.15, -0.1) is 0 Å². The van der Waals surface area contributed by atoms with E-state index in [1.807, 2.05) is 5.43 Å². The second-order valence-corrected chi connectivity index (χ2v) is 2.69. The fourth-order valence-electron chi connectivity index (χ4n) is 0.862. The van der Waals surface area contributed by atoms with Gasteiger partial charge < -0.3 is 5.73 Å². The number of hydrogen-bond donors (Lipinski definition) is 3. The van der Waals surface area contributed by atoms with E-state index >= 15 is 0 Å². The van der Waals surface area contributed by atoms with Crippen molar-refractivity contribution in [1.29, 1.82) is 10.7 Å². The lowest BCUT2D eigenvalue weighted by Crippen LogP contribution is -2.22. The van der Waals surface area contributed by atoms with E-state index in [2.05, 4.69) is 5.10 Å². The first kappa shape index (κ1) is 11.6. The predicted molar refractivity (Wildman–Crippen MR) is 54.9 cm³/mol. The zero-order chi connectivity index (χ0) is 12.1. The highest BCUT2D eigenvalue weighted by atomic mass is 19.1. The number of rotatable bonds is 3. The molecule has 0 fully saturated rings. The molecular weight excluding hydrogens is 216 g/mol. The normalized spacial score (nSPS) is 10.7. The second kappa shape index (κ2) is 4.84. The average molecular weight is 223 g/mol. The first-order valence-corrected chi connectivity index (χ1v) is 4.08. The Kier molecular flexibility index (Phi) is 3.50. The lowest BCUT2D eigenvalue weighted by Gasteiger charge is -2.03. The van der Waals surface area contributed by atoms with Crippen LogP contribution in [0.4, 0.5) is 14.5 Å². The van der Waals surface area contributed by atoms with Crippen LogP contribution in [0.5, 0.6) is 0 Å². The summed E-state index contributed by atoms with van der Waals surface area (Å²) < 4.78 is 26.1. The minimum Gasteiger partial charge on any atom is -0.382 e. The lowest BCUT2D eigenvalue weighted by molar-refractivity contribution is 0.589. The Morgan fingerprint density at radius 3 is 2.44 bits per heavy atom. The maximum absolute atomic E-state index is 13.1. The summed E-state index contributed by atoms with van der Waals surface area (Å²) in [5.41, 5.74) is 6.04. The molecule has 0 amide bonds. The van der Waals surface area contributed by atoms with E-state index in [0.29, 0.717) is 0 Å². The maximum atomic E-state index is 13.1. The molecule has 0 aliphatic carbocycles. The smallest absolute Gasteiger partial charge is 0.201 e. The largest absolute Gasteiger partial charge is 0.382 e. The van der Waals surface area contributed by atoms with Crippen molar-refractivity contribution in [3.05, 3.63) is 29.8 Å². The van der Waals surface area contributed by atoms with E-state index in [0.717, 1.165) is 12.1 Å². The molecule has 0 radical (unpaired) electrons. The molecule has 0 bridgehead atoms. The summed E-state index contributed by atoms with van der Waals surface area (Å²) >= 11 is 0. The van der Waals surface area contributed by atoms with Crippen molar-refractivity contribution in [2.45, 2.75) is 0 Å². The number of para-hydroxylation sites is 1. The number of nitrogens with zero attached hydrogens (tertiary/aromatic N) is 2. The van der Waals surface area contributed by atoms with Crippen molar-refractivity contribution < 1.29 is 8.78 Å². The third-order valence-corrected chi connectivity index (χ3v) is 1.60. The van der Waals surface area contributed by atoms with Gasteiger partial charge in [0.1, 0.15) is 11.8 Å². The standard InChI is InChI=1S/C9H7F2N5/c10-5-2-1-3-6(11)8(5)16-15-7(4-12)9(13)14/h1-3,16H,(H3,13,14)/b15-7+. The molecule has 0 spiro atoms. The first-order valence-electron chi connectivity index (χ1n) is 4.08. The molecule has 0 aliphatic rings. The van der Waals surface area contributed by atoms with Gasteiger partial charge in [0.05, 0.1) is 0 Å². The van der Waals surface area contributed by atoms with Crippen molar-refractivity contribution in [2.24, 2.45) is 10.8 Å². The van der Waals surface area contributed by atoms with Gasteiger partial charge in [-0.3, -0.25) is 10.8 Å². The summed E-state index contributed by atoms with van der Waals surface area (Å²) in [6.07, 6.45) is 0. The quantitative estimate of drug-likeness (QED) is 0.407. The molecule has 0 unspecified atom stereocenters. The predicted octanol–water partition coefficient (Wildman–Crippen LogP) is 1.19. The molecule has 0 saturated heterocycles. The van der Waals surface area contributed by atoms with Crippen LogP contribution < -0.4 is 11.2 Å². The molecule has 1 aromatic carbocycles. The van der Waals surface area contributed by atoms with Crippen LogP contribution in [0.25, 0.3) is 0 Å². The van der Waals surface area contributed by atoms with Gasteiger partial charge in [0, 0.05) is 0 Å². The maximum Gasteiger partial charge on any atom is 0.201 e. The number of hydrazone groups is 1. The zero-order valence-electron chi connectivity index (χ0n) is 7.96. The van der Waals surface area contributed by atoms with Crippen molar-refractivity contribution in [2.75, 3.05) is 5.43 Å². The van der Waals surface area contributed by atoms with E-state index in [9.17, 15) is 8.78 Å². The van der Waals surface area contributed by atoms with Crippen LogP contribution in [0.3, 0.4) is 0 Å². The molecule has 16 heavy (non-hydrogen) atoms. The molecule has 0 aromatic heterocycles. The van der Waals surface area contributed by atoms with Crippen LogP contribution in [-0.4, -0.2) is 11.5 Å². The van der Waals surface area contributed by atoms with Crippen LogP contribution >= 0.6 is 0 Å². The van der Waals surface area contributed by atoms with Crippen LogP contribution in [0, 0.1) is 28.4 Å². The number of nitrogens with two attached hydrogens (primary N) is 1. The third-order valence-electron chi connectivity index (χ3n) is 1.60. The second-order valence-electron chi connectivity index (χ2n) is 2.69. The van der Waals surface area contributed by atoms with E-state index in [1.165, 1.54) is 12.1 Å². The molecule has 0 atom stereocenters. The van der Waals surface area contributed by atoms with E-state index in [1.54, 1.807) is 0 Å². The van der Waals surface area contributed by atoms with Crippen molar-refractivity contribution in [3.63, 3.8) is 0 Å². The van der Waals surface area contributed by atoms with Crippen molar-refractivity contribution >= 4 is 17.2 Å². The van der Waals surface area contributed by atoms with Gasteiger partial charge in [0.2, 0.25) is 5.71 Å². The highest BCUT2D eigenvalue weighted by Crippen LogP contribution is 2.17. The Labute approximate surface area is 89.7 Å². The monoisotopic (exact) mass is 223 g/mol. The molecule has 1 rings (SSSR count). The summed E-state index contributed by atoms with van der Waals surface area (Å²) in [5.74, 6) is -2.30. The minimum atomic E-state index is -0.857. The summed E-state index contributed by atoms with van der Waals surface area (Å²) in [4.78, 5) is 0. The molecule has 82 valence electrons. The molecule has 1 aromatic rings. The Balaban J connectivity index is 2.99. The number of halogens is 2. The number of hydrogen-bond acceptors (Lipinski definition) is 4. The molecule has 5 nitrogen and oxygen atoms in total.